The number of nitrogens with zero attached hydrogens (tertiary/aromatic N) is 1. The van der Waals surface area contributed by atoms with E-state index in [-0.39, 0.29) is 5.92 Å². The van der Waals surface area contributed by atoms with Crippen LogP contribution in [0.2, 0.25) is 10.0 Å². The summed E-state index contributed by atoms with van der Waals surface area (Å²) in [5.74, 6) is -0.924. The molecule has 1 atom stereocenters. The van der Waals surface area contributed by atoms with Crippen LogP contribution in [0.4, 0.5) is 0 Å². The van der Waals surface area contributed by atoms with Crippen LogP contribution in [0.1, 0.15) is 35.3 Å². The van der Waals surface area contributed by atoms with E-state index >= 15 is 0 Å². The average molecular weight is 424 g/mol. The summed E-state index contributed by atoms with van der Waals surface area (Å²) in [5, 5.41) is 12.6. The van der Waals surface area contributed by atoms with E-state index in [2.05, 4.69) is 29.3 Å². The molecule has 1 aromatic heterocycles. The second kappa shape index (κ2) is 9.24. The molecule has 6 heteroatoms. The van der Waals surface area contributed by atoms with Gasteiger partial charge in [0.05, 0.1) is 5.92 Å². The molecule has 0 radical (unpaired) electrons. The van der Waals surface area contributed by atoms with Gasteiger partial charge in [-0.05, 0) is 79.1 Å². The zero-order chi connectivity index (χ0) is 19.4. The van der Waals surface area contributed by atoms with Crippen molar-refractivity contribution in [1.82, 2.24) is 4.90 Å². The van der Waals surface area contributed by atoms with Crippen LogP contribution in [0, 0.1) is 12.8 Å². The summed E-state index contributed by atoms with van der Waals surface area (Å²) in [5.41, 5.74) is 3.38. The average Bonchev–Trinajstić information content (AvgIpc) is 3.04. The van der Waals surface area contributed by atoms with Gasteiger partial charge in [0, 0.05) is 28.0 Å². The van der Waals surface area contributed by atoms with Crippen LogP contribution in [0.3, 0.4) is 0 Å². The van der Waals surface area contributed by atoms with Crippen molar-refractivity contribution in [3.05, 3.63) is 61.8 Å². The number of carboxylic acids is 1. The Morgan fingerprint density at radius 1 is 1.33 bits per heavy atom. The maximum atomic E-state index is 11.3. The van der Waals surface area contributed by atoms with Gasteiger partial charge in [-0.15, -0.1) is 11.3 Å². The van der Waals surface area contributed by atoms with Gasteiger partial charge in [-0.2, -0.15) is 0 Å². The Hall–Kier alpha value is -1.33. The van der Waals surface area contributed by atoms with E-state index in [9.17, 15) is 9.90 Å². The smallest absolute Gasteiger partial charge is 0.307 e. The second-order valence-corrected chi connectivity index (χ2v) is 8.76. The molecule has 1 saturated heterocycles. The Balaban J connectivity index is 1.79. The SMILES string of the molecule is Cc1ccsc1/C(=C\CCN1CCCC(C(=O)O)C1)c1cc(Cl)cc(Cl)c1. The molecule has 2 aromatic rings. The van der Waals surface area contributed by atoms with E-state index in [0.717, 1.165) is 43.5 Å². The Morgan fingerprint density at radius 2 is 2.07 bits per heavy atom. The first-order valence-corrected chi connectivity index (χ1v) is 10.7. The quantitative estimate of drug-likeness (QED) is 0.620. The first-order valence-electron chi connectivity index (χ1n) is 9.10. The van der Waals surface area contributed by atoms with Crippen LogP contribution in [0.25, 0.3) is 5.57 Å². The van der Waals surface area contributed by atoms with Crippen LogP contribution in [0.5, 0.6) is 0 Å². The molecular weight excluding hydrogens is 401 g/mol. The Kier molecular flexibility index (Phi) is 6.99. The van der Waals surface area contributed by atoms with Gasteiger partial charge < -0.3 is 10.0 Å². The third kappa shape index (κ3) is 5.35. The molecule has 1 aliphatic rings. The van der Waals surface area contributed by atoms with Gasteiger partial charge in [-0.3, -0.25) is 4.79 Å². The van der Waals surface area contributed by atoms with Crippen LogP contribution in [-0.4, -0.2) is 35.6 Å². The summed E-state index contributed by atoms with van der Waals surface area (Å²) < 4.78 is 0. The van der Waals surface area contributed by atoms with Crippen LogP contribution >= 0.6 is 34.5 Å². The van der Waals surface area contributed by atoms with Crippen molar-refractivity contribution in [2.45, 2.75) is 26.2 Å². The molecule has 3 rings (SSSR count). The van der Waals surface area contributed by atoms with Crippen molar-refractivity contribution < 1.29 is 9.90 Å². The molecule has 1 aromatic carbocycles. The van der Waals surface area contributed by atoms with Crippen LogP contribution < -0.4 is 0 Å². The molecular formula is C21H23Cl2NO2S. The molecule has 0 bridgehead atoms. The van der Waals surface area contributed by atoms with Gasteiger partial charge in [0.2, 0.25) is 0 Å². The molecule has 1 N–H and O–H groups in total. The molecule has 3 nitrogen and oxygen atoms in total. The number of carbonyl (C=O) groups is 1. The molecule has 0 aliphatic carbocycles. The standard InChI is InChI=1S/C21H23Cl2NO2S/c1-14-6-9-27-20(14)19(16-10-17(22)12-18(23)11-16)5-3-8-24-7-2-4-15(13-24)21(25)26/h5-6,9-12,15H,2-4,7-8,13H2,1H3,(H,25,26)/b19-5-. The van der Waals surface area contributed by atoms with Gasteiger partial charge >= 0.3 is 5.97 Å². The lowest BCUT2D eigenvalue weighted by atomic mass is 9.97. The van der Waals surface area contributed by atoms with Crippen molar-refractivity contribution in [3.8, 4) is 0 Å². The fourth-order valence-electron chi connectivity index (χ4n) is 3.55. The third-order valence-electron chi connectivity index (χ3n) is 4.93. The predicted molar refractivity (Wildman–Crippen MR) is 114 cm³/mol. The maximum Gasteiger partial charge on any atom is 0.307 e. The number of rotatable bonds is 6. The molecule has 1 aliphatic heterocycles. The minimum Gasteiger partial charge on any atom is -0.481 e. The summed E-state index contributed by atoms with van der Waals surface area (Å²) in [4.78, 5) is 14.7. The van der Waals surface area contributed by atoms with E-state index in [4.69, 9.17) is 23.2 Å². The van der Waals surface area contributed by atoms with Gasteiger partial charge in [0.15, 0.2) is 0 Å². The monoisotopic (exact) mass is 423 g/mol. The first-order chi connectivity index (χ1) is 12.9. The number of hydrogen-bond donors (Lipinski definition) is 1. The molecule has 1 fully saturated rings. The second-order valence-electron chi connectivity index (χ2n) is 6.98. The number of benzene rings is 1. The lowest BCUT2D eigenvalue weighted by Gasteiger charge is -2.30. The van der Waals surface area contributed by atoms with E-state index in [1.807, 2.05) is 12.1 Å². The zero-order valence-corrected chi connectivity index (χ0v) is 17.6. The molecule has 0 saturated carbocycles. The van der Waals surface area contributed by atoms with Crippen LogP contribution in [-0.2, 0) is 4.79 Å². The summed E-state index contributed by atoms with van der Waals surface area (Å²) in [6.07, 6.45) is 4.80. The highest BCUT2D eigenvalue weighted by Gasteiger charge is 2.24. The molecule has 0 amide bonds. The Morgan fingerprint density at radius 3 is 2.70 bits per heavy atom. The maximum absolute atomic E-state index is 11.3. The van der Waals surface area contributed by atoms with E-state index in [1.54, 1.807) is 17.4 Å². The fourth-order valence-corrected chi connectivity index (χ4v) is 5.07. The van der Waals surface area contributed by atoms with Gasteiger partial charge in [-0.1, -0.05) is 29.3 Å². The highest BCUT2D eigenvalue weighted by Crippen LogP contribution is 2.34. The number of hydrogen-bond acceptors (Lipinski definition) is 3. The van der Waals surface area contributed by atoms with E-state index in [0.29, 0.717) is 16.6 Å². The minimum atomic E-state index is -0.682. The lowest BCUT2D eigenvalue weighted by Crippen LogP contribution is -2.39. The predicted octanol–water partition coefficient (Wildman–Crippen LogP) is 5.98. The Bertz CT molecular complexity index is 826. The summed E-state index contributed by atoms with van der Waals surface area (Å²) in [6, 6.07) is 7.74. The van der Waals surface area contributed by atoms with Crippen molar-refractivity contribution in [2.24, 2.45) is 5.92 Å². The third-order valence-corrected chi connectivity index (χ3v) is 6.42. The van der Waals surface area contributed by atoms with Crippen LogP contribution in [0.15, 0.2) is 35.7 Å². The number of aliphatic carboxylic acids is 1. The van der Waals surface area contributed by atoms with E-state index < -0.39 is 5.97 Å². The highest BCUT2D eigenvalue weighted by atomic mass is 35.5. The topological polar surface area (TPSA) is 40.5 Å². The normalized spacial score (nSPS) is 18.6. The minimum absolute atomic E-state index is 0.242. The van der Waals surface area contributed by atoms with Crippen molar-refractivity contribution >= 4 is 46.1 Å². The van der Waals surface area contributed by atoms with Gasteiger partial charge in [0.25, 0.3) is 0 Å². The number of thiophene rings is 1. The van der Waals surface area contributed by atoms with Crippen molar-refractivity contribution in [1.29, 1.82) is 0 Å². The molecule has 0 spiro atoms. The number of aryl methyl sites for hydroxylation is 1. The summed E-state index contributed by atoms with van der Waals surface area (Å²) >= 11 is 14.2. The summed E-state index contributed by atoms with van der Waals surface area (Å²) in [7, 11) is 0. The van der Waals surface area contributed by atoms with Gasteiger partial charge in [0.1, 0.15) is 0 Å². The Labute approximate surface area is 174 Å². The van der Waals surface area contributed by atoms with Crippen molar-refractivity contribution in [2.75, 3.05) is 19.6 Å². The molecule has 27 heavy (non-hydrogen) atoms. The molecule has 1 unspecified atom stereocenters. The fraction of sp³-hybridized carbons (Fsp3) is 0.381. The number of halogens is 2. The first kappa shape index (κ1) is 20.4. The zero-order valence-electron chi connectivity index (χ0n) is 15.3. The van der Waals surface area contributed by atoms with E-state index in [1.165, 1.54) is 10.4 Å². The van der Waals surface area contributed by atoms with Gasteiger partial charge in [-0.25, -0.2) is 0 Å². The lowest BCUT2D eigenvalue weighted by molar-refractivity contribution is -0.143. The summed E-state index contributed by atoms with van der Waals surface area (Å²) in [6.45, 7) is 4.56. The molecule has 144 valence electrons. The number of carboxylic acid groups (broad SMARTS) is 1. The highest BCUT2D eigenvalue weighted by molar-refractivity contribution is 7.11. The van der Waals surface area contributed by atoms with Crippen molar-refractivity contribution in [3.63, 3.8) is 0 Å². The molecule has 2 heterocycles. The number of likely N-dealkylation sites (tertiary alicyclic amines) is 1. The largest absolute Gasteiger partial charge is 0.481 e. The number of piperidine rings is 1.